The minimum Gasteiger partial charge on any atom is -0.532 e. The number of nitrogens with one attached hydrogen (secondary N) is 4. The van der Waals surface area contributed by atoms with Crippen LogP contribution in [0, 0.1) is 0 Å². The summed E-state index contributed by atoms with van der Waals surface area (Å²) in [5.74, 6) is -0.381. The van der Waals surface area contributed by atoms with Crippen LogP contribution in [0.2, 0.25) is 0 Å². The number of rotatable bonds is 3. The maximum Gasteiger partial charge on any atom is 0.239 e. The summed E-state index contributed by atoms with van der Waals surface area (Å²) in [6.07, 6.45) is 1.43. The molecule has 0 aliphatic heterocycles. The summed E-state index contributed by atoms with van der Waals surface area (Å²) < 4.78 is 0. The quantitative estimate of drug-likeness (QED) is 0.344. The Labute approximate surface area is 138 Å². The minimum absolute atomic E-state index is 0. The molecule has 0 aromatic heterocycles. The zero-order valence-electron chi connectivity index (χ0n) is 11.9. The number of carbonyl (C=O) groups excluding carboxylic acids is 4. The Morgan fingerprint density at radius 1 is 0.947 bits per heavy atom. The van der Waals surface area contributed by atoms with Crippen LogP contribution in [-0.2, 0) is 51.9 Å². The molecular formula is C10H21N4O4Y-. The van der Waals surface area contributed by atoms with Crippen LogP contribution in [0.5, 0.6) is 0 Å². The van der Waals surface area contributed by atoms with Gasteiger partial charge in [-0.1, -0.05) is 0 Å². The maximum absolute atomic E-state index is 10.4. The predicted octanol–water partition coefficient (Wildman–Crippen LogP) is -2.11. The van der Waals surface area contributed by atoms with E-state index in [-0.39, 0.29) is 57.0 Å². The predicted molar refractivity (Wildman–Crippen MR) is 67.2 cm³/mol. The Balaban J connectivity index is -0.0000000964. The monoisotopic (exact) mass is 350 g/mol. The van der Waals surface area contributed by atoms with Gasteiger partial charge >= 0.3 is 0 Å². The van der Waals surface area contributed by atoms with Crippen molar-refractivity contribution >= 4 is 24.1 Å². The second-order valence-electron chi connectivity index (χ2n) is 2.74. The molecule has 19 heavy (non-hydrogen) atoms. The summed E-state index contributed by atoms with van der Waals surface area (Å²) in [4.78, 5) is 39.2. The van der Waals surface area contributed by atoms with Gasteiger partial charge in [-0.3, -0.25) is 14.4 Å². The van der Waals surface area contributed by atoms with Crippen LogP contribution in [0.3, 0.4) is 0 Å². The van der Waals surface area contributed by atoms with Crippen LogP contribution in [0.15, 0.2) is 0 Å². The van der Waals surface area contributed by atoms with Gasteiger partial charge in [0.25, 0.3) is 0 Å². The number of hydrogen-bond acceptors (Lipinski definition) is 4. The molecule has 8 nitrogen and oxygen atoms in total. The van der Waals surface area contributed by atoms with Crippen molar-refractivity contribution in [3.8, 4) is 0 Å². The molecule has 0 bridgehead atoms. The van der Waals surface area contributed by atoms with Crippen molar-refractivity contribution in [1.29, 1.82) is 0 Å². The van der Waals surface area contributed by atoms with Crippen molar-refractivity contribution in [3.05, 3.63) is 0 Å². The molecule has 0 atom stereocenters. The molecule has 0 rings (SSSR count). The summed E-state index contributed by atoms with van der Waals surface area (Å²) in [7, 11) is 4.62. The molecule has 0 unspecified atom stereocenters. The first-order valence-electron chi connectivity index (χ1n) is 5.02. The van der Waals surface area contributed by atoms with Gasteiger partial charge in [0.2, 0.25) is 17.7 Å². The molecule has 0 aromatic rings. The molecule has 4 amide bonds. The second kappa shape index (κ2) is 22.2. The number of likely N-dealkylation sites (N-methyl/N-ethyl adjacent to an activating group) is 1. The molecular weight excluding hydrogens is 329 g/mol. The fourth-order valence-electron chi connectivity index (χ4n) is 0.293. The summed E-state index contributed by atoms with van der Waals surface area (Å²) in [6.45, 7) is 2.90. The Hall–Kier alpha value is -1.02. The van der Waals surface area contributed by atoms with E-state index >= 15 is 0 Å². The molecule has 0 fully saturated rings. The fourth-order valence-corrected chi connectivity index (χ4v) is 0.293. The van der Waals surface area contributed by atoms with Crippen molar-refractivity contribution in [2.75, 3.05) is 27.7 Å². The zero-order chi connectivity index (χ0) is 15.0. The van der Waals surface area contributed by atoms with E-state index in [1.165, 1.54) is 34.4 Å². The maximum atomic E-state index is 10.4. The van der Waals surface area contributed by atoms with E-state index in [4.69, 9.17) is 4.79 Å². The molecule has 0 spiro atoms. The van der Waals surface area contributed by atoms with E-state index in [9.17, 15) is 14.4 Å². The van der Waals surface area contributed by atoms with Gasteiger partial charge < -0.3 is 26.1 Å². The Morgan fingerprint density at radius 3 is 1.47 bits per heavy atom. The molecule has 0 saturated carbocycles. The molecule has 109 valence electrons. The average molecular weight is 350 g/mol. The van der Waals surface area contributed by atoms with Gasteiger partial charge in [0, 0.05) is 60.7 Å². The van der Waals surface area contributed by atoms with E-state index in [1.807, 2.05) is 0 Å². The third kappa shape index (κ3) is 47.2. The van der Waals surface area contributed by atoms with Gasteiger partial charge in [-0.15, -0.1) is 0 Å². The Morgan fingerprint density at radius 2 is 1.32 bits per heavy atom. The smallest absolute Gasteiger partial charge is 0.239 e. The number of hydrogen-bond donors (Lipinski definition) is 4. The SMILES string of the molecule is CNC(=O)CNC(C)=O.CNC(C)=O.CN[C-]=O.[Y]. The van der Waals surface area contributed by atoms with Crippen LogP contribution in [0.4, 0.5) is 0 Å². The third-order valence-electron chi connectivity index (χ3n) is 1.23. The second-order valence-corrected chi connectivity index (χ2v) is 2.74. The summed E-state index contributed by atoms with van der Waals surface area (Å²) in [6, 6.07) is 0. The summed E-state index contributed by atoms with van der Waals surface area (Å²) in [5.41, 5.74) is 0. The molecule has 0 aromatic carbocycles. The summed E-state index contributed by atoms with van der Waals surface area (Å²) >= 11 is 0. The normalized spacial score (nSPS) is 6.79. The van der Waals surface area contributed by atoms with Crippen molar-refractivity contribution in [2.24, 2.45) is 0 Å². The van der Waals surface area contributed by atoms with Crippen LogP contribution < -0.4 is 21.3 Å². The number of amides is 4. The van der Waals surface area contributed by atoms with Gasteiger partial charge in [0.1, 0.15) is 0 Å². The van der Waals surface area contributed by atoms with Crippen LogP contribution in [0.25, 0.3) is 0 Å². The summed E-state index contributed by atoms with van der Waals surface area (Å²) in [5, 5.41) is 9.23. The first kappa shape index (κ1) is 26.5. The fraction of sp³-hybridized carbons (Fsp3) is 0.600. The van der Waals surface area contributed by atoms with E-state index in [2.05, 4.69) is 21.3 Å². The van der Waals surface area contributed by atoms with E-state index in [1.54, 1.807) is 7.05 Å². The molecule has 0 heterocycles. The largest absolute Gasteiger partial charge is 0.532 e. The van der Waals surface area contributed by atoms with E-state index in [0.29, 0.717) is 0 Å². The Bertz CT molecular complexity index is 262. The molecule has 9 heteroatoms. The standard InChI is InChI=1S/C5H10N2O2.C3H7NO.C2H4NO.Y/c1-4(8)7-3-5(9)6-2;1-3(5)4-2;1-3-2-4;/h3H2,1-2H3,(H,6,9)(H,7,8);1-2H3,(H,4,5);1H3,(H,3,4);/q;;-1;. The van der Waals surface area contributed by atoms with E-state index in [0.717, 1.165) is 0 Å². The molecule has 1 radical (unpaired) electrons. The third-order valence-corrected chi connectivity index (χ3v) is 1.23. The van der Waals surface area contributed by atoms with Crippen molar-refractivity contribution in [1.82, 2.24) is 21.3 Å². The van der Waals surface area contributed by atoms with Gasteiger partial charge in [-0.2, -0.15) is 6.41 Å². The van der Waals surface area contributed by atoms with Gasteiger partial charge in [-0.05, 0) is 7.05 Å². The molecule has 0 aliphatic carbocycles. The van der Waals surface area contributed by atoms with Crippen molar-refractivity contribution in [3.63, 3.8) is 0 Å². The van der Waals surface area contributed by atoms with Crippen molar-refractivity contribution in [2.45, 2.75) is 13.8 Å². The number of carbonyl (C=O) groups is 3. The van der Waals surface area contributed by atoms with Crippen LogP contribution in [0.1, 0.15) is 13.8 Å². The molecule has 0 saturated heterocycles. The zero-order valence-corrected chi connectivity index (χ0v) is 14.8. The molecule has 4 N–H and O–H groups in total. The van der Waals surface area contributed by atoms with Gasteiger partial charge in [0.15, 0.2) is 0 Å². The average Bonchev–Trinajstić information content (AvgIpc) is 2.36. The van der Waals surface area contributed by atoms with Gasteiger partial charge in [-0.25, -0.2) is 0 Å². The van der Waals surface area contributed by atoms with Crippen LogP contribution >= 0.6 is 0 Å². The first-order valence-corrected chi connectivity index (χ1v) is 5.02. The van der Waals surface area contributed by atoms with Crippen molar-refractivity contribution < 1.29 is 51.9 Å². The van der Waals surface area contributed by atoms with Crippen LogP contribution in [-0.4, -0.2) is 51.8 Å². The first-order chi connectivity index (χ1) is 8.35. The topological polar surface area (TPSA) is 116 Å². The van der Waals surface area contributed by atoms with Gasteiger partial charge in [0.05, 0.1) is 6.54 Å². The van der Waals surface area contributed by atoms with E-state index < -0.39 is 0 Å². The minimum atomic E-state index is -0.196. The Kier molecular flexibility index (Phi) is 31.0. The molecule has 0 aliphatic rings.